The van der Waals surface area contributed by atoms with Crippen LogP contribution in [-0.2, 0) is 6.42 Å². The van der Waals surface area contributed by atoms with Crippen LogP contribution in [0, 0.1) is 0 Å². The number of ether oxygens (including phenoxy) is 1. The monoisotopic (exact) mass is 276 g/mol. The molecule has 0 aromatic carbocycles. The van der Waals surface area contributed by atoms with Crippen LogP contribution in [0.4, 0.5) is 0 Å². The fraction of sp³-hybridized carbons (Fsp3) is 0.500. The van der Waals surface area contributed by atoms with Gasteiger partial charge in [-0.05, 0) is 24.9 Å². The fourth-order valence-electron chi connectivity index (χ4n) is 1.91. The van der Waals surface area contributed by atoms with Crippen LogP contribution in [0.2, 0.25) is 0 Å². The maximum atomic E-state index is 5.50. The highest BCUT2D eigenvalue weighted by Gasteiger charge is 2.14. The second kappa shape index (κ2) is 7.00. The molecule has 1 unspecified atom stereocenters. The van der Waals surface area contributed by atoms with Gasteiger partial charge < -0.3 is 15.0 Å². The van der Waals surface area contributed by atoms with E-state index in [4.69, 9.17) is 15.0 Å². The standard InChI is InChI=1S/C14H20N4O2/c1-10(4-3-7-15)14-17-12(18-20-14)8-11-5-6-13(19-2)16-9-11/h5-6,9-10H,3-4,7-8,15H2,1-2H3. The second-order valence-electron chi connectivity index (χ2n) is 4.77. The van der Waals surface area contributed by atoms with Crippen LogP contribution >= 0.6 is 0 Å². The van der Waals surface area contributed by atoms with Crippen LogP contribution in [0.1, 0.15) is 43.0 Å². The zero-order valence-corrected chi connectivity index (χ0v) is 11.9. The molecule has 0 fully saturated rings. The average molecular weight is 276 g/mol. The number of nitrogens with two attached hydrogens (primary N) is 1. The Bertz CT molecular complexity index is 524. The van der Waals surface area contributed by atoms with Crippen molar-refractivity contribution in [2.75, 3.05) is 13.7 Å². The highest BCUT2D eigenvalue weighted by atomic mass is 16.5. The minimum atomic E-state index is 0.244. The van der Waals surface area contributed by atoms with E-state index in [0.29, 0.717) is 30.6 Å². The van der Waals surface area contributed by atoms with Crippen LogP contribution in [0.15, 0.2) is 22.9 Å². The van der Waals surface area contributed by atoms with E-state index in [0.717, 1.165) is 18.4 Å². The molecule has 0 bridgehead atoms. The Morgan fingerprint density at radius 1 is 1.40 bits per heavy atom. The molecule has 20 heavy (non-hydrogen) atoms. The first-order valence-corrected chi connectivity index (χ1v) is 6.74. The third-order valence-corrected chi connectivity index (χ3v) is 3.12. The molecule has 2 heterocycles. The van der Waals surface area contributed by atoms with Gasteiger partial charge >= 0.3 is 0 Å². The van der Waals surface area contributed by atoms with Gasteiger partial charge in [-0.25, -0.2) is 4.98 Å². The van der Waals surface area contributed by atoms with E-state index in [9.17, 15) is 0 Å². The van der Waals surface area contributed by atoms with Crippen molar-refractivity contribution >= 4 is 0 Å². The number of hydrogen-bond acceptors (Lipinski definition) is 6. The number of methoxy groups -OCH3 is 1. The molecule has 6 nitrogen and oxygen atoms in total. The average Bonchev–Trinajstić information content (AvgIpc) is 2.94. The molecule has 2 rings (SSSR count). The van der Waals surface area contributed by atoms with Crippen molar-refractivity contribution in [3.05, 3.63) is 35.6 Å². The summed E-state index contributed by atoms with van der Waals surface area (Å²) in [6.45, 7) is 2.75. The predicted octanol–water partition coefficient (Wildman–Crippen LogP) is 1.91. The van der Waals surface area contributed by atoms with Gasteiger partial charge in [0.25, 0.3) is 0 Å². The van der Waals surface area contributed by atoms with Crippen LogP contribution in [0.25, 0.3) is 0 Å². The molecule has 0 aliphatic carbocycles. The highest BCUT2D eigenvalue weighted by Crippen LogP contribution is 2.19. The number of pyridine rings is 1. The second-order valence-corrected chi connectivity index (χ2v) is 4.77. The topological polar surface area (TPSA) is 87.1 Å². The number of aromatic nitrogens is 3. The summed E-state index contributed by atoms with van der Waals surface area (Å²) < 4.78 is 10.3. The maximum absolute atomic E-state index is 5.50. The lowest BCUT2D eigenvalue weighted by Crippen LogP contribution is -2.02. The van der Waals surface area contributed by atoms with Gasteiger partial charge in [-0.3, -0.25) is 0 Å². The van der Waals surface area contributed by atoms with Crippen LogP contribution in [0.3, 0.4) is 0 Å². The summed E-state index contributed by atoms with van der Waals surface area (Å²) in [4.78, 5) is 8.58. The molecular formula is C14H20N4O2. The van der Waals surface area contributed by atoms with Gasteiger partial charge in [-0.1, -0.05) is 18.1 Å². The number of nitrogens with zero attached hydrogens (tertiary/aromatic N) is 3. The van der Waals surface area contributed by atoms with Crippen molar-refractivity contribution < 1.29 is 9.26 Å². The van der Waals surface area contributed by atoms with Gasteiger partial charge in [0.15, 0.2) is 5.82 Å². The zero-order chi connectivity index (χ0) is 14.4. The largest absolute Gasteiger partial charge is 0.481 e. The van der Waals surface area contributed by atoms with Gasteiger partial charge in [-0.2, -0.15) is 4.98 Å². The van der Waals surface area contributed by atoms with Gasteiger partial charge in [0.1, 0.15) is 0 Å². The van der Waals surface area contributed by atoms with E-state index in [1.807, 2.05) is 12.1 Å². The molecule has 0 spiro atoms. The molecule has 108 valence electrons. The quantitative estimate of drug-likeness (QED) is 0.831. The van der Waals surface area contributed by atoms with Crippen molar-refractivity contribution in [1.29, 1.82) is 0 Å². The van der Waals surface area contributed by atoms with Gasteiger partial charge in [0.2, 0.25) is 11.8 Å². The smallest absolute Gasteiger partial charge is 0.229 e. The van der Waals surface area contributed by atoms with Crippen molar-refractivity contribution in [2.24, 2.45) is 5.73 Å². The lowest BCUT2D eigenvalue weighted by molar-refractivity contribution is 0.348. The number of rotatable bonds is 7. The molecule has 6 heteroatoms. The maximum Gasteiger partial charge on any atom is 0.229 e. The molecule has 1 atom stereocenters. The summed E-state index contributed by atoms with van der Waals surface area (Å²) >= 11 is 0. The molecule has 0 aliphatic heterocycles. The highest BCUT2D eigenvalue weighted by molar-refractivity contribution is 5.20. The summed E-state index contributed by atoms with van der Waals surface area (Å²) in [5.41, 5.74) is 6.52. The summed E-state index contributed by atoms with van der Waals surface area (Å²) in [6.07, 6.45) is 4.28. The van der Waals surface area contributed by atoms with Gasteiger partial charge in [0.05, 0.1) is 7.11 Å². The first-order valence-electron chi connectivity index (χ1n) is 6.74. The Hall–Kier alpha value is -1.95. The van der Waals surface area contributed by atoms with E-state index in [1.165, 1.54) is 0 Å². The summed E-state index contributed by atoms with van der Waals surface area (Å²) in [7, 11) is 1.59. The first kappa shape index (κ1) is 14.5. The van der Waals surface area contributed by atoms with E-state index in [2.05, 4.69) is 22.0 Å². The van der Waals surface area contributed by atoms with Crippen LogP contribution < -0.4 is 10.5 Å². The van der Waals surface area contributed by atoms with Crippen LogP contribution in [-0.4, -0.2) is 28.8 Å². The fourth-order valence-corrected chi connectivity index (χ4v) is 1.91. The Kier molecular flexibility index (Phi) is 5.06. The lowest BCUT2D eigenvalue weighted by Gasteiger charge is -2.03. The Morgan fingerprint density at radius 2 is 2.25 bits per heavy atom. The molecule has 2 aromatic heterocycles. The van der Waals surface area contributed by atoms with Crippen molar-refractivity contribution in [1.82, 2.24) is 15.1 Å². The molecule has 2 aromatic rings. The van der Waals surface area contributed by atoms with Crippen molar-refractivity contribution in [2.45, 2.75) is 32.1 Å². The molecule has 0 aliphatic rings. The molecular weight excluding hydrogens is 256 g/mol. The lowest BCUT2D eigenvalue weighted by atomic mass is 10.1. The minimum Gasteiger partial charge on any atom is -0.481 e. The summed E-state index contributed by atoms with van der Waals surface area (Å²) in [5, 5.41) is 4.01. The molecule has 0 saturated carbocycles. The van der Waals surface area contributed by atoms with E-state index in [1.54, 1.807) is 13.3 Å². The third-order valence-electron chi connectivity index (χ3n) is 3.12. The molecule has 0 radical (unpaired) electrons. The van der Waals surface area contributed by atoms with E-state index >= 15 is 0 Å². The van der Waals surface area contributed by atoms with Crippen molar-refractivity contribution in [3.8, 4) is 5.88 Å². The molecule has 0 saturated heterocycles. The normalized spacial score (nSPS) is 12.3. The molecule has 0 amide bonds. The Morgan fingerprint density at radius 3 is 2.90 bits per heavy atom. The SMILES string of the molecule is COc1ccc(Cc2noc(C(C)CCCN)n2)cn1. The van der Waals surface area contributed by atoms with Crippen molar-refractivity contribution in [3.63, 3.8) is 0 Å². The summed E-state index contributed by atoms with van der Waals surface area (Å²) in [5.74, 6) is 2.19. The number of hydrogen-bond donors (Lipinski definition) is 1. The first-order chi connectivity index (χ1) is 9.72. The Balaban J connectivity index is 1.97. The zero-order valence-electron chi connectivity index (χ0n) is 11.9. The Labute approximate surface area is 118 Å². The van der Waals surface area contributed by atoms with Gasteiger partial charge in [0, 0.05) is 24.6 Å². The van der Waals surface area contributed by atoms with Gasteiger partial charge in [-0.15, -0.1) is 0 Å². The minimum absolute atomic E-state index is 0.244. The predicted molar refractivity (Wildman–Crippen MR) is 74.6 cm³/mol. The molecule has 2 N–H and O–H groups in total. The van der Waals surface area contributed by atoms with E-state index < -0.39 is 0 Å². The van der Waals surface area contributed by atoms with E-state index in [-0.39, 0.29) is 5.92 Å². The summed E-state index contributed by atoms with van der Waals surface area (Å²) in [6, 6.07) is 3.76. The third kappa shape index (κ3) is 3.77. The van der Waals surface area contributed by atoms with Crippen LogP contribution in [0.5, 0.6) is 5.88 Å².